The van der Waals surface area contributed by atoms with E-state index < -0.39 is 6.10 Å². The molecule has 0 amide bonds. The Labute approximate surface area is 189 Å². The Hall–Kier alpha value is -3.28. The third kappa shape index (κ3) is 5.49. The molecule has 3 aromatic carbocycles. The SMILES string of the molecule is COc1cccc(CNc2cccc([C@@H](O)CN[C@H](C)Cc3c[nH]c4ccccc34)c2)c1. The highest BCUT2D eigenvalue weighted by molar-refractivity contribution is 5.83. The molecule has 5 heteroatoms. The van der Waals surface area contributed by atoms with Crippen LogP contribution in [0.2, 0.25) is 0 Å². The van der Waals surface area contributed by atoms with Crippen molar-refractivity contribution in [3.8, 4) is 5.75 Å². The van der Waals surface area contributed by atoms with E-state index >= 15 is 0 Å². The first-order valence-electron chi connectivity index (χ1n) is 11.1. The van der Waals surface area contributed by atoms with Gasteiger partial charge in [-0.3, -0.25) is 0 Å². The van der Waals surface area contributed by atoms with E-state index in [4.69, 9.17) is 4.74 Å². The minimum Gasteiger partial charge on any atom is -0.497 e. The lowest BCUT2D eigenvalue weighted by Gasteiger charge is -2.18. The Kier molecular flexibility index (Phi) is 7.10. The van der Waals surface area contributed by atoms with Gasteiger partial charge in [0.1, 0.15) is 5.75 Å². The van der Waals surface area contributed by atoms with Gasteiger partial charge in [-0.1, -0.05) is 42.5 Å². The minimum absolute atomic E-state index is 0.248. The zero-order valence-corrected chi connectivity index (χ0v) is 18.6. The Morgan fingerprint density at radius 3 is 2.72 bits per heavy atom. The molecule has 166 valence electrons. The normalized spacial score (nSPS) is 13.1. The number of aliphatic hydroxyl groups is 1. The van der Waals surface area contributed by atoms with Gasteiger partial charge >= 0.3 is 0 Å². The molecule has 0 radical (unpaired) electrons. The number of methoxy groups -OCH3 is 1. The summed E-state index contributed by atoms with van der Waals surface area (Å²) in [6.45, 7) is 3.35. The van der Waals surface area contributed by atoms with Crippen molar-refractivity contribution in [1.29, 1.82) is 0 Å². The van der Waals surface area contributed by atoms with Crippen LogP contribution in [0, 0.1) is 0 Å². The maximum absolute atomic E-state index is 10.7. The number of hydrogen-bond acceptors (Lipinski definition) is 4. The van der Waals surface area contributed by atoms with Gasteiger partial charge in [0.2, 0.25) is 0 Å². The van der Waals surface area contributed by atoms with Gasteiger partial charge in [0.05, 0.1) is 13.2 Å². The maximum atomic E-state index is 10.7. The fourth-order valence-corrected chi connectivity index (χ4v) is 3.98. The molecule has 0 bridgehead atoms. The molecule has 4 N–H and O–H groups in total. The number of fused-ring (bicyclic) bond motifs is 1. The fraction of sp³-hybridized carbons (Fsp3) is 0.259. The predicted octanol–water partition coefficient (Wildman–Crippen LogP) is 5.04. The molecular weight excluding hydrogens is 398 g/mol. The number of aromatic nitrogens is 1. The number of para-hydroxylation sites is 1. The molecule has 0 aliphatic heterocycles. The second kappa shape index (κ2) is 10.4. The number of aromatic amines is 1. The number of anilines is 1. The van der Waals surface area contributed by atoms with Crippen LogP contribution in [0.1, 0.15) is 29.7 Å². The molecular formula is C27H31N3O2. The van der Waals surface area contributed by atoms with Gasteiger partial charge in [-0.25, -0.2) is 0 Å². The van der Waals surface area contributed by atoms with E-state index in [0.717, 1.165) is 34.5 Å². The third-order valence-electron chi connectivity index (χ3n) is 5.76. The van der Waals surface area contributed by atoms with Gasteiger partial charge in [0, 0.05) is 41.9 Å². The topological polar surface area (TPSA) is 69.3 Å². The van der Waals surface area contributed by atoms with Crippen LogP contribution >= 0.6 is 0 Å². The molecule has 1 aromatic heterocycles. The second-order valence-electron chi connectivity index (χ2n) is 8.22. The van der Waals surface area contributed by atoms with Crippen molar-refractivity contribution in [2.75, 3.05) is 19.0 Å². The molecule has 4 aromatic rings. The third-order valence-corrected chi connectivity index (χ3v) is 5.76. The van der Waals surface area contributed by atoms with E-state index in [1.54, 1.807) is 7.11 Å². The smallest absolute Gasteiger partial charge is 0.119 e. The molecule has 0 saturated carbocycles. The van der Waals surface area contributed by atoms with Crippen LogP contribution in [0.4, 0.5) is 5.69 Å². The van der Waals surface area contributed by atoms with Crippen molar-refractivity contribution in [3.05, 3.63) is 95.7 Å². The summed E-state index contributed by atoms with van der Waals surface area (Å²) in [7, 11) is 1.67. The Morgan fingerprint density at radius 1 is 1.00 bits per heavy atom. The van der Waals surface area contributed by atoms with Crippen LogP contribution in [0.3, 0.4) is 0 Å². The predicted molar refractivity (Wildman–Crippen MR) is 131 cm³/mol. The quantitative estimate of drug-likeness (QED) is 0.285. The van der Waals surface area contributed by atoms with Crippen LogP contribution in [0.25, 0.3) is 10.9 Å². The molecule has 0 aliphatic rings. The van der Waals surface area contributed by atoms with E-state index in [9.17, 15) is 5.11 Å². The van der Waals surface area contributed by atoms with Crippen LogP contribution in [0.5, 0.6) is 5.75 Å². The highest BCUT2D eigenvalue weighted by atomic mass is 16.5. The van der Waals surface area contributed by atoms with Gasteiger partial charge in [0.25, 0.3) is 0 Å². The molecule has 5 nitrogen and oxygen atoms in total. The first-order valence-corrected chi connectivity index (χ1v) is 11.1. The van der Waals surface area contributed by atoms with Gasteiger partial charge in [-0.2, -0.15) is 0 Å². The second-order valence-corrected chi connectivity index (χ2v) is 8.22. The summed E-state index contributed by atoms with van der Waals surface area (Å²) >= 11 is 0. The number of benzene rings is 3. The minimum atomic E-state index is -0.570. The largest absolute Gasteiger partial charge is 0.497 e. The number of aliphatic hydroxyl groups excluding tert-OH is 1. The number of H-pyrrole nitrogens is 1. The van der Waals surface area contributed by atoms with Gasteiger partial charge in [0.15, 0.2) is 0 Å². The average Bonchev–Trinajstić information content (AvgIpc) is 3.24. The lowest BCUT2D eigenvalue weighted by atomic mass is 10.0. The zero-order valence-electron chi connectivity index (χ0n) is 18.6. The lowest BCUT2D eigenvalue weighted by molar-refractivity contribution is 0.170. The summed E-state index contributed by atoms with van der Waals surface area (Å²) in [5.41, 5.74) is 5.47. The molecule has 0 aliphatic carbocycles. The molecule has 0 unspecified atom stereocenters. The highest BCUT2D eigenvalue weighted by Gasteiger charge is 2.12. The summed E-state index contributed by atoms with van der Waals surface area (Å²) in [5.74, 6) is 0.848. The van der Waals surface area contributed by atoms with Crippen LogP contribution in [-0.4, -0.2) is 29.8 Å². The van der Waals surface area contributed by atoms with Crippen molar-refractivity contribution in [2.45, 2.75) is 32.0 Å². The maximum Gasteiger partial charge on any atom is 0.119 e. The Morgan fingerprint density at radius 2 is 1.84 bits per heavy atom. The summed E-state index contributed by atoms with van der Waals surface area (Å²) in [6.07, 6.45) is 2.41. The van der Waals surface area contributed by atoms with E-state index in [1.165, 1.54) is 10.9 Å². The molecule has 1 heterocycles. The van der Waals surface area contributed by atoms with Crippen molar-refractivity contribution >= 4 is 16.6 Å². The summed E-state index contributed by atoms with van der Waals surface area (Å²) in [6, 6.07) is 24.6. The van der Waals surface area contributed by atoms with Crippen LogP contribution in [-0.2, 0) is 13.0 Å². The van der Waals surface area contributed by atoms with Crippen molar-refractivity contribution in [1.82, 2.24) is 10.3 Å². The van der Waals surface area contributed by atoms with Gasteiger partial charge < -0.3 is 25.5 Å². The monoisotopic (exact) mass is 429 g/mol. The molecule has 0 saturated heterocycles. The Balaban J connectivity index is 1.30. The molecule has 2 atom stereocenters. The van der Waals surface area contributed by atoms with Crippen molar-refractivity contribution < 1.29 is 9.84 Å². The number of rotatable bonds is 10. The first kappa shape index (κ1) is 21.9. The van der Waals surface area contributed by atoms with Crippen molar-refractivity contribution in [2.24, 2.45) is 0 Å². The van der Waals surface area contributed by atoms with E-state index in [0.29, 0.717) is 13.1 Å². The van der Waals surface area contributed by atoms with Gasteiger partial charge in [-0.05, 0) is 60.4 Å². The number of ether oxygens (including phenoxy) is 1. The summed E-state index contributed by atoms with van der Waals surface area (Å²) in [5, 5.41) is 18.9. The summed E-state index contributed by atoms with van der Waals surface area (Å²) in [4.78, 5) is 3.33. The summed E-state index contributed by atoms with van der Waals surface area (Å²) < 4.78 is 5.29. The van der Waals surface area contributed by atoms with Gasteiger partial charge in [-0.15, -0.1) is 0 Å². The molecule has 0 spiro atoms. The highest BCUT2D eigenvalue weighted by Crippen LogP contribution is 2.21. The van der Waals surface area contributed by atoms with E-state index in [2.05, 4.69) is 53.0 Å². The molecule has 4 rings (SSSR count). The number of hydrogen-bond donors (Lipinski definition) is 4. The average molecular weight is 430 g/mol. The van der Waals surface area contributed by atoms with Crippen molar-refractivity contribution in [3.63, 3.8) is 0 Å². The first-order chi connectivity index (χ1) is 15.6. The van der Waals surface area contributed by atoms with Crippen LogP contribution in [0.15, 0.2) is 79.0 Å². The zero-order chi connectivity index (χ0) is 22.3. The molecule has 0 fully saturated rings. The Bertz CT molecular complexity index is 1150. The van der Waals surface area contributed by atoms with E-state index in [1.807, 2.05) is 48.5 Å². The fourth-order valence-electron chi connectivity index (χ4n) is 3.98. The molecule has 32 heavy (non-hydrogen) atoms. The van der Waals surface area contributed by atoms with Crippen LogP contribution < -0.4 is 15.4 Å². The standard InChI is InChI=1S/C27H31N3O2/c1-19(13-22-17-30-26-12-4-3-11-25(22)26)28-18-27(31)21-8-6-9-23(15-21)29-16-20-7-5-10-24(14-20)32-2/h3-12,14-15,17,19,27-31H,13,16,18H2,1-2H3/t19-,27+/m1/s1. The lowest BCUT2D eigenvalue weighted by Crippen LogP contribution is -2.32. The number of nitrogens with one attached hydrogen (secondary N) is 3. The van der Waals surface area contributed by atoms with E-state index in [-0.39, 0.29) is 6.04 Å².